The predicted octanol–water partition coefficient (Wildman–Crippen LogP) is 2.70. The number of aromatic nitrogens is 1. The molecule has 0 atom stereocenters. The average molecular weight is 216 g/mol. The first-order valence-corrected chi connectivity index (χ1v) is 4.88. The second-order valence-electron chi connectivity index (χ2n) is 3.52. The van der Waals surface area contributed by atoms with Gasteiger partial charge in [-0.25, -0.2) is 0 Å². The normalized spacial score (nSPS) is 12.0. The molecule has 0 saturated heterocycles. The minimum atomic E-state index is 0.234. The Hall–Kier alpha value is -0.240. The molecule has 1 rings (SSSR count). The topological polar surface area (TPSA) is 4.93 Å². The number of hydrogen-bond donors (Lipinski definition) is 0. The molecule has 0 saturated carbocycles. The second kappa shape index (κ2) is 3.02. The van der Waals surface area contributed by atoms with Gasteiger partial charge >= 0.3 is 0 Å². The first-order valence-electron chi connectivity index (χ1n) is 3.76. The van der Waals surface area contributed by atoms with E-state index in [1.54, 1.807) is 0 Å². The van der Waals surface area contributed by atoms with Gasteiger partial charge in [-0.15, -0.1) is 0 Å². The third kappa shape index (κ3) is 1.67. The van der Waals surface area contributed by atoms with Crippen LogP contribution in [0.4, 0.5) is 0 Å². The van der Waals surface area contributed by atoms with Crippen LogP contribution in [0, 0.1) is 0 Å². The maximum absolute atomic E-state index is 3.51. The molecule has 62 valence electrons. The van der Waals surface area contributed by atoms with Gasteiger partial charge < -0.3 is 4.57 Å². The van der Waals surface area contributed by atoms with E-state index >= 15 is 0 Å². The van der Waals surface area contributed by atoms with Crippen LogP contribution < -0.4 is 0 Å². The third-order valence-electron chi connectivity index (χ3n) is 1.97. The molecule has 11 heavy (non-hydrogen) atoms. The molecule has 0 spiro atoms. The number of hydrogen-bond acceptors (Lipinski definition) is 0. The summed E-state index contributed by atoms with van der Waals surface area (Å²) in [5.74, 6) is 0. The van der Waals surface area contributed by atoms with Gasteiger partial charge in [-0.1, -0.05) is 29.8 Å². The number of aryl methyl sites for hydroxylation is 1. The van der Waals surface area contributed by atoms with Gasteiger partial charge in [0, 0.05) is 29.7 Å². The van der Waals surface area contributed by atoms with Crippen molar-refractivity contribution < 1.29 is 0 Å². The summed E-state index contributed by atoms with van der Waals surface area (Å²) in [6.45, 7) is 4.47. The van der Waals surface area contributed by atoms with Gasteiger partial charge in [0.05, 0.1) is 0 Å². The summed E-state index contributed by atoms with van der Waals surface area (Å²) in [6, 6.07) is 4.25. The van der Waals surface area contributed by atoms with Crippen LogP contribution in [0.2, 0.25) is 0 Å². The molecule has 0 aliphatic carbocycles. The van der Waals surface area contributed by atoms with E-state index in [1.807, 2.05) is 0 Å². The van der Waals surface area contributed by atoms with E-state index in [2.05, 4.69) is 59.7 Å². The Morgan fingerprint density at radius 3 is 2.55 bits per heavy atom. The fraction of sp³-hybridized carbons (Fsp3) is 0.556. The number of rotatable bonds is 2. The molecule has 0 amide bonds. The molecule has 0 N–H and O–H groups in total. The van der Waals surface area contributed by atoms with Crippen LogP contribution in [0.5, 0.6) is 0 Å². The fourth-order valence-electron chi connectivity index (χ4n) is 1.23. The van der Waals surface area contributed by atoms with Gasteiger partial charge in [0.25, 0.3) is 0 Å². The summed E-state index contributed by atoms with van der Waals surface area (Å²) in [6.07, 6.45) is 2.08. The van der Waals surface area contributed by atoms with Crippen molar-refractivity contribution in [3.05, 3.63) is 24.0 Å². The van der Waals surface area contributed by atoms with E-state index in [9.17, 15) is 0 Å². The van der Waals surface area contributed by atoms with Gasteiger partial charge in [0.15, 0.2) is 0 Å². The van der Waals surface area contributed by atoms with Crippen molar-refractivity contribution in [1.29, 1.82) is 0 Å². The SMILES string of the molecule is Cn1cccc1C(C)(C)CBr. The summed E-state index contributed by atoms with van der Waals surface area (Å²) in [5.41, 5.74) is 1.60. The maximum atomic E-state index is 3.51. The van der Waals surface area contributed by atoms with E-state index in [4.69, 9.17) is 0 Å². The molecule has 0 fully saturated rings. The Balaban J connectivity index is 3.00. The predicted molar refractivity (Wildman–Crippen MR) is 52.2 cm³/mol. The fourth-order valence-corrected chi connectivity index (χ4v) is 1.52. The highest BCUT2D eigenvalue weighted by Gasteiger charge is 2.20. The largest absolute Gasteiger partial charge is 0.354 e. The summed E-state index contributed by atoms with van der Waals surface area (Å²) < 4.78 is 2.17. The van der Waals surface area contributed by atoms with Crippen molar-refractivity contribution in [3.8, 4) is 0 Å². The van der Waals surface area contributed by atoms with Crippen molar-refractivity contribution in [3.63, 3.8) is 0 Å². The van der Waals surface area contributed by atoms with Crippen LogP contribution in [0.15, 0.2) is 18.3 Å². The third-order valence-corrected chi connectivity index (χ3v) is 3.37. The Bertz CT molecular complexity index is 237. The van der Waals surface area contributed by atoms with Gasteiger partial charge in [-0.05, 0) is 12.1 Å². The minimum absolute atomic E-state index is 0.234. The molecule has 0 radical (unpaired) electrons. The Morgan fingerprint density at radius 2 is 2.18 bits per heavy atom. The number of halogens is 1. The van der Waals surface area contributed by atoms with Crippen LogP contribution in [0.1, 0.15) is 19.5 Å². The zero-order chi connectivity index (χ0) is 8.48. The first-order chi connectivity index (χ1) is 5.08. The summed E-state index contributed by atoms with van der Waals surface area (Å²) in [7, 11) is 2.08. The molecule has 2 heteroatoms. The van der Waals surface area contributed by atoms with E-state index in [-0.39, 0.29) is 5.41 Å². The average Bonchev–Trinajstić information content (AvgIpc) is 2.36. The van der Waals surface area contributed by atoms with Crippen molar-refractivity contribution in [1.82, 2.24) is 4.57 Å². The number of alkyl halides is 1. The van der Waals surface area contributed by atoms with Crippen molar-refractivity contribution in [2.24, 2.45) is 7.05 Å². The van der Waals surface area contributed by atoms with Crippen LogP contribution in [-0.2, 0) is 12.5 Å². The minimum Gasteiger partial charge on any atom is -0.354 e. The quantitative estimate of drug-likeness (QED) is 0.670. The second-order valence-corrected chi connectivity index (χ2v) is 4.08. The summed E-state index contributed by atoms with van der Waals surface area (Å²) in [5, 5.41) is 0.998. The van der Waals surface area contributed by atoms with Gasteiger partial charge in [0.1, 0.15) is 0 Å². The highest BCUT2D eigenvalue weighted by atomic mass is 79.9. The molecular formula is C9H14BrN. The Labute approximate surface area is 76.5 Å². The lowest BCUT2D eigenvalue weighted by Crippen LogP contribution is -2.21. The summed E-state index contributed by atoms with van der Waals surface area (Å²) in [4.78, 5) is 0. The monoisotopic (exact) mass is 215 g/mol. The van der Waals surface area contributed by atoms with Crippen LogP contribution in [0.25, 0.3) is 0 Å². The lowest BCUT2D eigenvalue weighted by Gasteiger charge is -2.22. The van der Waals surface area contributed by atoms with E-state index in [1.165, 1.54) is 5.69 Å². The molecule has 1 aromatic rings. The lowest BCUT2D eigenvalue weighted by atomic mass is 9.92. The van der Waals surface area contributed by atoms with E-state index < -0.39 is 0 Å². The zero-order valence-electron chi connectivity index (χ0n) is 7.26. The van der Waals surface area contributed by atoms with Crippen molar-refractivity contribution >= 4 is 15.9 Å². The first kappa shape index (κ1) is 8.85. The zero-order valence-corrected chi connectivity index (χ0v) is 8.85. The highest BCUT2D eigenvalue weighted by Crippen LogP contribution is 2.24. The van der Waals surface area contributed by atoms with Crippen LogP contribution >= 0.6 is 15.9 Å². The summed E-state index contributed by atoms with van der Waals surface area (Å²) >= 11 is 3.51. The molecule has 1 heterocycles. The number of nitrogens with zero attached hydrogens (tertiary/aromatic N) is 1. The molecule has 0 unspecified atom stereocenters. The molecule has 1 nitrogen and oxygen atoms in total. The maximum Gasteiger partial charge on any atom is 0.0236 e. The Morgan fingerprint density at radius 1 is 1.55 bits per heavy atom. The highest BCUT2D eigenvalue weighted by molar-refractivity contribution is 9.09. The van der Waals surface area contributed by atoms with Gasteiger partial charge in [-0.2, -0.15) is 0 Å². The Kier molecular flexibility index (Phi) is 2.43. The molecule has 0 aromatic carbocycles. The lowest BCUT2D eigenvalue weighted by molar-refractivity contribution is 0.556. The van der Waals surface area contributed by atoms with Crippen molar-refractivity contribution in [2.45, 2.75) is 19.3 Å². The van der Waals surface area contributed by atoms with Crippen molar-refractivity contribution in [2.75, 3.05) is 5.33 Å². The standard InChI is InChI=1S/C9H14BrN/c1-9(2,7-10)8-5-4-6-11(8)3/h4-6H,7H2,1-3H3. The molecule has 1 aromatic heterocycles. The molecular weight excluding hydrogens is 202 g/mol. The smallest absolute Gasteiger partial charge is 0.0236 e. The van der Waals surface area contributed by atoms with E-state index in [0.29, 0.717) is 0 Å². The molecule has 0 aliphatic heterocycles. The molecule has 0 aliphatic rings. The van der Waals surface area contributed by atoms with E-state index in [0.717, 1.165) is 5.33 Å². The van der Waals surface area contributed by atoms with Crippen LogP contribution in [-0.4, -0.2) is 9.90 Å². The van der Waals surface area contributed by atoms with Gasteiger partial charge in [0.2, 0.25) is 0 Å². The van der Waals surface area contributed by atoms with Crippen LogP contribution in [0.3, 0.4) is 0 Å². The molecule has 0 bridgehead atoms. The van der Waals surface area contributed by atoms with Gasteiger partial charge in [-0.3, -0.25) is 0 Å².